The normalized spacial score (nSPS) is 10.1. The molecule has 0 amide bonds. The number of hydrogen-bond acceptors (Lipinski definition) is 6. The second-order valence-corrected chi connectivity index (χ2v) is 3.89. The van der Waals surface area contributed by atoms with Gasteiger partial charge in [0.1, 0.15) is 23.7 Å². The standard InChI is InChI=1S/C12H9N3O5/c1-7-2-3-10(9(4-7)11(16)17)20-12-13-5-8(6-14-12)15(18)19/h2-6H,1H3,(H,16,17). The van der Waals surface area contributed by atoms with Crippen molar-refractivity contribution in [2.75, 3.05) is 0 Å². The molecule has 1 heterocycles. The quantitative estimate of drug-likeness (QED) is 0.671. The van der Waals surface area contributed by atoms with Crippen LogP contribution >= 0.6 is 0 Å². The second-order valence-electron chi connectivity index (χ2n) is 3.89. The molecule has 0 saturated carbocycles. The Hall–Kier alpha value is -3.03. The van der Waals surface area contributed by atoms with Gasteiger partial charge in [0.15, 0.2) is 0 Å². The van der Waals surface area contributed by atoms with Crippen molar-refractivity contribution >= 4 is 11.7 Å². The van der Waals surface area contributed by atoms with Crippen molar-refractivity contribution in [3.05, 3.63) is 51.8 Å². The van der Waals surface area contributed by atoms with E-state index in [2.05, 4.69) is 9.97 Å². The molecule has 1 aromatic heterocycles. The number of nitrogens with zero attached hydrogens (tertiary/aromatic N) is 3. The summed E-state index contributed by atoms with van der Waals surface area (Å²) in [6, 6.07) is 4.43. The lowest BCUT2D eigenvalue weighted by Gasteiger charge is -2.07. The molecule has 0 fully saturated rings. The Bertz CT molecular complexity index is 669. The van der Waals surface area contributed by atoms with Gasteiger partial charge in [0, 0.05) is 0 Å². The summed E-state index contributed by atoms with van der Waals surface area (Å²) >= 11 is 0. The highest BCUT2D eigenvalue weighted by molar-refractivity contribution is 5.91. The molecule has 8 heteroatoms. The van der Waals surface area contributed by atoms with Crippen LogP contribution in [0, 0.1) is 17.0 Å². The van der Waals surface area contributed by atoms with Gasteiger partial charge in [0.2, 0.25) is 0 Å². The van der Waals surface area contributed by atoms with E-state index in [9.17, 15) is 14.9 Å². The van der Waals surface area contributed by atoms with Crippen LogP contribution < -0.4 is 4.74 Å². The van der Waals surface area contributed by atoms with Gasteiger partial charge >= 0.3 is 17.7 Å². The molecule has 2 aromatic rings. The van der Waals surface area contributed by atoms with Crippen LogP contribution in [-0.2, 0) is 0 Å². The Labute approximate surface area is 112 Å². The molecule has 0 saturated heterocycles. The fourth-order valence-corrected chi connectivity index (χ4v) is 1.45. The predicted molar refractivity (Wildman–Crippen MR) is 66.9 cm³/mol. The Morgan fingerprint density at radius 1 is 1.35 bits per heavy atom. The maximum Gasteiger partial charge on any atom is 0.339 e. The third-order valence-corrected chi connectivity index (χ3v) is 2.39. The third kappa shape index (κ3) is 2.86. The van der Waals surface area contributed by atoms with E-state index in [4.69, 9.17) is 9.84 Å². The van der Waals surface area contributed by atoms with Gasteiger partial charge in [-0.25, -0.2) is 4.79 Å². The van der Waals surface area contributed by atoms with Gasteiger partial charge in [-0.1, -0.05) is 11.6 Å². The molecule has 0 atom stereocenters. The monoisotopic (exact) mass is 275 g/mol. The molecule has 0 unspecified atom stereocenters. The largest absolute Gasteiger partial charge is 0.478 e. The topological polar surface area (TPSA) is 115 Å². The summed E-state index contributed by atoms with van der Waals surface area (Å²) in [6.45, 7) is 1.75. The van der Waals surface area contributed by atoms with Gasteiger partial charge in [-0.2, -0.15) is 9.97 Å². The van der Waals surface area contributed by atoms with E-state index in [1.54, 1.807) is 13.0 Å². The molecule has 8 nitrogen and oxygen atoms in total. The summed E-state index contributed by atoms with van der Waals surface area (Å²) in [4.78, 5) is 28.2. The van der Waals surface area contributed by atoms with E-state index >= 15 is 0 Å². The molecule has 0 aliphatic carbocycles. The molecule has 0 aliphatic rings. The molecule has 1 N–H and O–H groups in total. The number of carbonyl (C=O) groups is 1. The number of rotatable bonds is 4. The summed E-state index contributed by atoms with van der Waals surface area (Å²) in [5.41, 5.74) is 0.450. The Morgan fingerprint density at radius 3 is 2.55 bits per heavy atom. The molecule has 102 valence electrons. The summed E-state index contributed by atoms with van der Waals surface area (Å²) in [5.74, 6) is -1.08. The van der Waals surface area contributed by atoms with Crippen LogP contribution in [0.1, 0.15) is 15.9 Å². The zero-order chi connectivity index (χ0) is 14.7. The van der Waals surface area contributed by atoms with Crippen molar-refractivity contribution in [2.45, 2.75) is 6.92 Å². The molecule has 0 spiro atoms. The lowest BCUT2D eigenvalue weighted by Crippen LogP contribution is -2.02. The van der Waals surface area contributed by atoms with E-state index in [0.29, 0.717) is 0 Å². The van der Waals surface area contributed by atoms with Crippen molar-refractivity contribution in [1.29, 1.82) is 0 Å². The first-order valence-corrected chi connectivity index (χ1v) is 5.45. The number of ether oxygens (including phenoxy) is 1. The lowest BCUT2D eigenvalue weighted by atomic mass is 10.1. The molecule has 0 aliphatic heterocycles. The summed E-state index contributed by atoms with van der Waals surface area (Å²) in [5, 5.41) is 19.5. The lowest BCUT2D eigenvalue weighted by molar-refractivity contribution is -0.385. The maximum absolute atomic E-state index is 11.1. The number of hydrogen-bond donors (Lipinski definition) is 1. The fourth-order valence-electron chi connectivity index (χ4n) is 1.45. The zero-order valence-corrected chi connectivity index (χ0v) is 10.3. The van der Waals surface area contributed by atoms with E-state index in [-0.39, 0.29) is 23.0 Å². The number of nitro groups is 1. The van der Waals surface area contributed by atoms with E-state index in [0.717, 1.165) is 18.0 Å². The van der Waals surface area contributed by atoms with Crippen molar-refractivity contribution in [2.24, 2.45) is 0 Å². The molecule has 0 radical (unpaired) electrons. The molecular formula is C12H9N3O5. The van der Waals surface area contributed by atoms with Gasteiger partial charge in [0.05, 0.1) is 4.92 Å². The Morgan fingerprint density at radius 2 is 2.00 bits per heavy atom. The molecule has 1 aromatic carbocycles. The van der Waals surface area contributed by atoms with Gasteiger partial charge in [-0.05, 0) is 19.1 Å². The number of benzene rings is 1. The first-order valence-electron chi connectivity index (χ1n) is 5.45. The molecule has 2 rings (SSSR count). The number of carboxylic acid groups (broad SMARTS) is 1. The summed E-state index contributed by atoms with van der Waals surface area (Å²) < 4.78 is 5.23. The van der Waals surface area contributed by atoms with Crippen LogP contribution in [0.5, 0.6) is 11.8 Å². The number of aromatic carboxylic acids is 1. The van der Waals surface area contributed by atoms with Crippen LogP contribution in [-0.4, -0.2) is 26.0 Å². The molecule has 20 heavy (non-hydrogen) atoms. The Kier molecular flexibility index (Phi) is 3.56. The summed E-state index contributed by atoms with van der Waals surface area (Å²) in [6.07, 6.45) is 1.97. The fraction of sp³-hybridized carbons (Fsp3) is 0.0833. The highest BCUT2D eigenvalue weighted by Gasteiger charge is 2.14. The van der Waals surface area contributed by atoms with Crippen molar-refractivity contribution < 1.29 is 19.6 Å². The smallest absolute Gasteiger partial charge is 0.339 e. The van der Waals surface area contributed by atoms with E-state index in [1.807, 2.05) is 0 Å². The van der Waals surface area contributed by atoms with Crippen molar-refractivity contribution in [3.8, 4) is 11.8 Å². The Balaban J connectivity index is 2.30. The highest BCUT2D eigenvalue weighted by atomic mass is 16.6. The SMILES string of the molecule is Cc1ccc(Oc2ncc([N+](=O)[O-])cn2)c(C(=O)O)c1. The van der Waals surface area contributed by atoms with Crippen molar-refractivity contribution in [3.63, 3.8) is 0 Å². The van der Waals surface area contributed by atoms with Crippen LogP contribution in [0.4, 0.5) is 5.69 Å². The number of carboxylic acids is 1. The van der Waals surface area contributed by atoms with E-state index < -0.39 is 10.9 Å². The van der Waals surface area contributed by atoms with Crippen LogP contribution in [0.15, 0.2) is 30.6 Å². The third-order valence-electron chi connectivity index (χ3n) is 2.39. The zero-order valence-electron chi connectivity index (χ0n) is 10.3. The maximum atomic E-state index is 11.1. The molecular weight excluding hydrogens is 266 g/mol. The van der Waals surface area contributed by atoms with Gasteiger partial charge in [-0.15, -0.1) is 0 Å². The minimum absolute atomic E-state index is 0.0352. The minimum atomic E-state index is -1.15. The first-order chi connectivity index (χ1) is 9.47. The van der Waals surface area contributed by atoms with Gasteiger partial charge < -0.3 is 9.84 Å². The first kappa shape index (κ1) is 13.4. The summed E-state index contributed by atoms with van der Waals surface area (Å²) in [7, 11) is 0. The molecule has 0 bridgehead atoms. The minimum Gasteiger partial charge on any atom is -0.478 e. The van der Waals surface area contributed by atoms with E-state index in [1.165, 1.54) is 12.1 Å². The van der Waals surface area contributed by atoms with Crippen molar-refractivity contribution in [1.82, 2.24) is 9.97 Å². The number of aryl methyl sites for hydroxylation is 1. The second kappa shape index (κ2) is 5.31. The van der Waals surface area contributed by atoms with Crippen LogP contribution in [0.25, 0.3) is 0 Å². The average molecular weight is 275 g/mol. The van der Waals surface area contributed by atoms with Gasteiger partial charge in [-0.3, -0.25) is 10.1 Å². The predicted octanol–water partition coefficient (Wildman–Crippen LogP) is 2.18. The van der Waals surface area contributed by atoms with Gasteiger partial charge in [0.25, 0.3) is 0 Å². The van der Waals surface area contributed by atoms with Crippen LogP contribution in [0.3, 0.4) is 0 Å². The average Bonchev–Trinajstić information content (AvgIpc) is 2.41. The van der Waals surface area contributed by atoms with Crippen LogP contribution in [0.2, 0.25) is 0 Å². The highest BCUT2D eigenvalue weighted by Crippen LogP contribution is 2.24. The number of aromatic nitrogens is 2.